The topological polar surface area (TPSA) is 53.7 Å². The number of aromatic hydroxyl groups is 1. The Labute approximate surface area is 159 Å². The smallest absolute Gasteiger partial charge is 0.230 e. The summed E-state index contributed by atoms with van der Waals surface area (Å²) in [6, 6.07) is 8.39. The maximum Gasteiger partial charge on any atom is 0.230 e. The van der Waals surface area contributed by atoms with Crippen LogP contribution < -0.4 is 0 Å². The third-order valence-corrected chi connectivity index (χ3v) is 6.47. The first-order valence-corrected chi connectivity index (χ1v) is 10.2. The Morgan fingerprint density at radius 2 is 2.08 bits per heavy atom. The van der Waals surface area contributed by atoms with Crippen molar-refractivity contribution in [3.63, 3.8) is 0 Å². The fourth-order valence-corrected chi connectivity index (χ4v) is 5.10. The second-order valence-corrected chi connectivity index (χ2v) is 8.74. The minimum Gasteiger partial charge on any atom is -0.492 e. The SMILES string of the molecule is Cc1nc2sc([C@@H](c3cccc(Br)c3)N3CCC(C)CC3)c(O)n2n1. The van der Waals surface area contributed by atoms with Gasteiger partial charge in [0, 0.05) is 4.47 Å². The van der Waals surface area contributed by atoms with E-state index >= 15 is 0 Å². The van der Waals surface area contributed by atoms with E-state index in [1.165, 1.54) is 29.7 Å². The van der Waals surface area contributed by atoms with E-state index in [0.717, 1.165) is 33.3 Å². The molecule has 0 bridgehead atoms. The van der Waals surface area contributed by atoms with E-state index in [0.29, 0.717) is 5.82 Å². The van der Waals surface area contributed by atoms with Crippen LogP contribution in [0.25, 0.3) is 4.96 Å². The lowest BCUT2D eigenvalue weighted by Crippen LogP contribution is -2.36. The summed E-state index contributed by atoms with van der Waals surface area (Å²) >= 11 is 5.11. The minimum atomic E-state index is 0.0267. The summed E-state index contributed by atoms with van der Waals surface area (Å²) in [6.45, 7) is 6.22. The van der Waals surface area contributed by atoms with Crippen molar-refractivity contribution in [3.8, 4) is 5.88 Å². The number of thiazole rings is 1. The number of likely N-dealkylation sites (tertiary alicyclic amines) is 1. The summed E-state index contributed by atoms with van der Waals surface area (Å²) in [5.41, 5.74) is 1.18. The highest BCUT2D eigenvalue weighted by Crippen LogP contribution is 2.41. The normalized spacial score (nSPS) is 18.0. The Bertz CT molecular complexity index is 898. The summed E-state index contributed by atoms with van der Waals surface area (Å²) in [5, 5.41) is 15.1. The van der Waals surface area contributed by atoms with E-state index in [1.807, 2.05) is 13.0 Å². The highest BCUT2D eigenvalue weighted by atomic mass is 79.9. The first-order chi connectivity index (χ1) is 12.0. The third-order valence-electron chi connectivity index (χ3n) is 4.90. The van der Waals surface area contributed by atoms with Gasteiger partial charge in [0.15, 0.2) is 0 Å². The molecule has 25 heavy (non-hydrogen) atoms. The number of piperidine rings is 1. The number of rotatable bonds is 3. The lowest BCUT2D eigenvalue weighted by molar-refractivity contribution is 0.157. The van der Waals surface area contributed by atoms with Crippen molar-refractivity contribution < 1.29 is 5.11 Å². The maximum absolute atomic E-state index is 10.8. The average molecular weight is 421 g/mol. The molecule has 0 aliphatic carbocycles. The van der Waals surface area contributed by atoms with Gasteiger partial charge >= 0.3 is 0 Å². The van der Waals surface area contributed by atoms with Crippen LogP contribution in [0.2, 0.25) is 0 Å². The first-order valence-electron chi connectivity index (χ1n) is 8.57. The molecule has 1 fully saturated rings. The van der Waals surface area contributed by atoms with Crippen molar-refractivity contribution in [2.75, 3.05) is 13.1 Å². The highest BCUT2D eigenvalue weighted by Gasteiger charge is 2.31. The van der Waals surface area contributed by atoms with Crippen LogP contribution in [0.3, 0.4) is 0 Å². The molecule has 1 atom stereocenters. The Morgan fingerprint density at radius 1 is 1.32 bits per heavy atom. The minimum absolute atomic E-state index is 0.0267. The van der Waals surface area contributed by atoms with Crippen LogP contribution in [-0.2, 0) is 0 Å². The molecule has 4 rings (SSSR count). The van der Waals surface area contributed by atoms with E-state index in [1.54, 1.807) is 4.52 Å². The molecule has 0 saturated carbocycles. The Hall–Kier alpha value is -1.44. The average Bonchev–Trinajstić information content (AvgIpc) is 3.08. The molecule has 7 heteroatoms. The first kappa shape index (κ1) is 17.0. The Balaban J connectivity index is 1.81. The number of aryl methyl sites for hydroxylation is 1. The largest absolute Gasteiger partial charge is 0.492 e. The second-order valence-electron chi connectivity index (χ2n) is 6.82. The lowest BCUT2D eigenvalue weighted by atomic mass is 9.95. The van der Waals surface area contributed by atoms with Crippen LogP contribution in [0, 0.1) is 12.8 Å². The van der Waals surface area contributed by atoms with E-state index in [-0.39, 0.29) is 11.9 Å². The van der Waals surface area contributed by atoms with Gasteiger partial charge in [-0.05, 0) is 56.5 Å². The summed E-state index contributed by atoms with van der Waals surface area (Å²) in [5.74, 6) is 1.65. The van der Waals surface area contributed by atoms with Crippen LogP contribution in [0.1, 0.15) is 42.1 Å². The van der Waals surface area contributed by atoms with E-state index in [2.05, 4.69) is 56.0 Å². The molecule has 5 nitrogen and oxygen atoms in total. The van der Waals surface area contributed by atoms with Gasteiger partial charge in [0.1, 0.15) is 5.82 Å². The molecule has 1 aliphatic rings. The standard InChI is InChI=1S/C18H21BrN4OS/c1-11-6-8-22(9-7-11)15(13-4-3-5-14(19)10-13)16-17(24)23-18(25-16)20-12(2)21-23/h3-5,10-11,15,24H,6-9H2,1-2H3/t15-/m1/s1. The molecule has 0 spiro atoms. The van der Waals surface area contributed by atoms with E-state index in [9.17, 15) is 5.11 Å². The van der Waals surface area contributed by atoms with Crippen LogP contribution in [-0.4, -0.2) is 37.7 Å². The molecule has 0 unspecified atom stereocenters. The molecule has 1 saturated heterocycles. The molecule has 1 aliphatic heterocycles. The number of halogens is 1. The van der Waals surface area contributed by atoms with Crippen molar-refractivity contribution in [1.82, 2.24) is 19.5 Å². The molecular weight excluding hydrogens is 400 g/mol. The van der Waals surface area contributed by atoms with Crippen molar-refractivity contribution in [3.05, 3.63) is 45.0 Å². The van der Waals surface area contributed by atoms with Crippen LogP contribution >= 0.6 is 27.3 Å². The Morgan fingerprint density at radius 3 is 2.76 bits per heavy atom. The second kappa shape index (κ2) is 6.70. The fraction of sp³-hybridized carbons (Fsp3) is 0.444. The Kier molecular flexibility index (Phi) is 4.56. The van der Waals surface area contributed by atoms with Gasteiger partial charge in [-0.3, -0.25) is 4.90 Å². The monoisotopic (exact) mass is 420 g/mol. The predicted octanol–water partition coefficient (Wildman–Crippen LogP) is 4.39. The lowest BCUT2D eigenvalue weighted by Gasteiger charge is -2.36. The highest BCUT2D eigenvalue weighted by molar-refractivity contribution is 9.10. The maximum atomic E-state index is 10.8. The van der Waals surface area contributed by atoms with Crippen LogP contribution in [0.4, 0.5) is 0 Å². The number of benzene rings is 1. The van der Waals surface area contributed by atoms with Gasteiger partial charge in [0.2, 0.25) is 10.8 Å². The van der Waals surface area contributed by atoms with Gasteiger partial charge in [-0.1, -0.05) is 46.3 Å². The molecule has 1 aromatic carbocycles. The van der Waals surface area contributed by atoms with Gasteiger partial charge in [-0.15, -0.1) is 5.10 Å². The van der Waals surface area contributed by atoms with Crippen molar-refractivity contribution in [2.45, 2.75) is 32.7 Å². The zero-order chi connectivity index (χ0) is 17.6. The predicted molar refractivity (Wildman–Crippen MR) is 103 cm³/mol. The molecule has 0 amide bonds. The summed E-state index contributed by atoms with van der Waals surface area (Å²) < 4.78 is 2.61. The molecule has 2 aromatic heterocycles. The number of hydrogen-bond acceptors (Lipinski definition) is 5. The van der Waals surface area contributed by atoms with Gasteiger partial charge in [-0.25, -0.2) is 4.98 Å². The van der Waals surface area contributed by atoms with Gasteiger partial charge in [0.05, 0.1) is 10.9 Å². The molecule has 1 N–H and O–H groups in total. The van der Waals surface area contributed by atoms with Gasteiger partial charge in [-0.2, -0.15) is 4.52 Å². The third kappa shape index (κ3) is 3.20. The van der Waals surface area contributed by atoms with Crippen LogP contribution in [0.15, 0.2) is 28.7 Å². The van der Waals surface area contributed by atoms with Crippen LogP contribution in [0.5, 0.6) is 5.88 Å². The summed E-state index contributed by atoms with van der Waals surface area (Å²) in [7, 11) is 0. The van der Waals surface area contributed by atoms with Gasteiger partial charge < -0.3 is 5.11 Å². The zero-order valence-corrected chi connectivity index (χ0v) is 16.7. The van der Waals surface area contributed by atoms with Crippen molar-refractivity contribution >= 4 is 32.2 Å². The molecule has 132 valence electrons. The van der Waals surface area contributed by atoms with Gasteiger partial charge in [0.25, 0.3) is 0 Å². The summed E-state index contributed by atoms with van der Waals surface area (Å²) in [6.07, 6.45) is 2.37. The number of aromatic nitrogens is 3. The molecular formula is C18H21BrN4OS. The van der Waals surface area contributed by atoms with Crippen molar-refractivity contribution in [1.29, 1.82) is 0 Å². The molecule has 3 aromatic rings. The van der Waals surface area contributed by atoms with Crippen molar-refractivity contribution in [2.24, 2.45) is 5.92 Å². The van der Waals surface area contributed by atoms with E-state index in [4.69, 9.17) is 0 Å². The number of fused-ring (bicyclic) bond motifs is 1. The number of hydrogen-bond donors (Lipinski definition) is 1. The molecule has 0 radical (unpaired) electrons. The quantitative estimate of drug-likeness (QED) is 0.682. The zero-order valence-electron chi connectivity index (χ0n) is 14.3. The fourth-order valence-electron chi connectivity index (χ4n) is 3.52. The number of nitrogens with zero attached hydrogens (tertiary/aromatic N) is 4. The molecule has 3 heterocycles. The summed E-state index contributed by atoms with van der Waals surface area (Å²) in [4.78, 5) is 8.56. The van der Waals surface area contributed by atoms with E-state index < -0.39 is 0 Å².